The van der Waals surface area contributed by atoms with Crippen LogP contribution in [0.5, 0.6) is 5.75 Å². The van der Waals surface area contributed by atoms with E-state index in [-0.39, 0.29) is 10.5 Å². The highest BCUT2D eigenvalue weighted by molar-refractivity contribution is 7.80. The number of alkyl halides is 3. The van der Waals surface area contributed by atoms with Crippen LogP contribution in [0.15, 0.2) is 23.1 Å². The summed E-state index contributed by atoms with van der Waals surface area (Å²) >= 11 is 3.83. The summed E-state index contributed by atoms with van der Waals surface area (Å²) in [6.07, 6.45) is -4.80. The Kier molecular flexibility index (Phi) is 2.91. The first kappa shape index (κ1) is 10.7. The molecular formula is C8H4F3NOS. The molecule has 1 rings (SSSR count). The molecule has 1 aromatic carbocycles. The zero-order chi connectivity index (χ0) is 10.8. The van der Waals surface area contributed by atoms with Crippen LogP contribution in [0.4, 0.5) is 13.2 Å². The van der Waals surface area contributed by atoms with E-state index in [4.69, 9.17) is 5.26 Å². The minimum absolute atomic E-state index is 0.147. The average molecular weight is 219 g/mol. The molecule has 0 spiro atoms. The molecule has 0 unspecified atom stereocenters. The number of benzene rings is 1. The first-order chi connectivity index (χ1) is 6.44. The fourth-order valence-corrected chi connectivity index (χ4v) is 1.09. The molecule has 0 heterocycles. The monoisotopic (exact) mass is 219 g/mol. The van der Waals surface area contributed by atoms with E-state index >= 15 is 0 Å². The molecule has 1 aromatic rings. The Balaban J connectivity index is 3.10. The molecule has 14 heavy (non-hydrogen) atoms. The molecule has 0 aliphatic rings. The summed E-state index contributed by atoms with van der Waals surface area (Å²) < 4.78 is 39.1. The lowest BCUT2D eigenvalue weighted by Crippen LogP contribution is -2.17. The number of nitrogens with zero attached hydrogens (tertiary/aromatic N) is 1. The summed E-state index contributed by atoms with van der Waals surface area (Å²) in [4.78, 5) is 0.147. The number of halogens is 3. The Morgan fingerprint density at radius 3 is 2.50 bits per heavy atom. The average Bonchev–Trinajstić information content (AvgIpc) is 2.01. The van der Waals surface area contributed by atoms with Gasteiger partial charge in [0.1, 0.15) is 17.4 Å². The van der Waals surface area contributed by atoms with Crippen LogP contribution in [-0.4, -0.2) is 6.36 Å². The van der Waals surface area contributed by atoms with Crippen LogP contribution in [0.1, 0.15) is 5.56 Å². The largest absolute Gasteiger partial charge is 0.573 e. The number of rotatable bonds is 1. The van der Waals surface area contributed by atoms with Crippen LogP contribution >= 0.6 is 12.6 Å². The maximum Gasteiger partial charge on any atom is 0.573 e. The minimum atomic E-state index is -4.80. The van der Waals surface area contributed by atoms with E-state index in [2.05, 4.69) is 17.4 Å². The first-order valence-corrected chi connectivity index (χ1v) is 3.86. The highest BCUT2D eigenvalue weighted by atomic mass is 32.1. The number of thiol groups is 1. The molecule has 0 atom stereocenters. The van der Waals surface area contributed by atoms with Crippen molar-refractivity contribution in [3.8, 4) is 11.8 Å². The molecule has 0 saturated heterocycles. The fourth-order valence-electron chi connectivity index (χ4n) is 0.842. The van der Waals surface area contributed by atoms with Crippen LogP contribution < -0.4 is 4.74 Å². The first-order valence-electron chi connectivity index (χ1n) is 3.42. The number of hydrogen-bond acceptors (Lipinski definition) is 3. The second-order valence-corrected chi connectivity index (χ2v) is 2.79. The van der Waals surface area contributed by atoms with Crippen LogP contribution in [0.2, 0.25) is 0 Å². The Labute approximate surface area is 83.3 Å². The molecule has 0 saturated carbocycles. The third-order valence-electron chi connectivity index (χ3n) is 1.34. The number of nitriles is 1. The topological polar surface area (TPSA) is 33.0 Å². The predicted octanol–water partition coefficient (Wildman–Crippen LogP) is 2.75. The number of ether oxygens (including phenoxy) is 1. The van der Waals surface area contributed by atoms with Crippen molar-refractivity contribution in [1.82, 2.24) is 0 Å². The molecule has 0 aromatic heterocycles. The minimum Gasteiger partial charge on any atom is -0.404 e. The van der Waals surface area contributed by atoms with Crippen molar-refractivity contribution in [1.29, 1.82) is 5.26 Å². The Bertz CT molecular complexity index is 383. The zero-order valence-electron chi connectivity index (χ0n) is 6.67. The highest BCUT2D eigenvalue weighted by Crippen LogP contribution is 2.29. The van der Waals surface area contributed by atoms with E-state index in [0.717, 1.165) is 6.07 Å². The Morgan fingerprint density at radius 1 is 1.36 bits per heavy atom. The zero-order valence-corrected chi connectivity index (χ0v) is 7.56. The van der Waals surface area contributed by atoms with Gasteiger partial charge < -0.3 is 4.74 Å². The van der Waals surface area contributed by atoms with Gasteiger partial charge in [-0.25, -0.2) is 0 Å². The molecule has 0 amide bonds. The molecule has 0 radical (unpaired) electrons. The highest BCUT2D eigenvalue weighted by Gasteiger charge is 2.32. The van der Waals surface area contributed by atoms with Crippen LogP contribution in [0.3, 0.4) is 0 Å². The second-order valence-electron chi connectivity index (χ2n) is 2.31. The normalized spacial score (nSPS) is 10.8. The molecule has 0 aliphatic carbocycles. The van der Waals surface area contributed by atoms with Crippen molar-refractivity contribution in [2.75, 3.05) is 0 Å². The summed E-state index contributed by atoms with van der Waals surface area (Å²) in [6, 6.07) is 5.38. The Morgan fingerprint density at radius 2 is 2.00 bits per heavy atom. The standard InChI is InChI=1S/C8H4F3NOS/c9-8(10,11)13-6-2-1-3-7(14)5(6)4-12/h1-3,14H. The number of hydrogen-bond donors (Lipinski definition) is 1. The summed E-state index contributed by atoms with van der Waals surface area (Å²) in [5.74, 6) is -0.535. The van der Waals surface area contributed by atoms with Gasteiger partial charge in [0.2, 0.25) is 0 Å². The van der Waals surface area contributed by atoms with E-state index in [1.165, 1.54) is 12.1 Å². The van der Waals surface area contributed by atoms with Gasteiger partial charge in [0.25, 0.3) is 0 Å². The summed E-state index contributed by atoms with van der Waals surface area (Å²) in [7, 11) is 0. The molecule has 74 valence electrons. The maximum absolute atomic E-state index is 11.8. The van der Waals surface area contributed by atoms with Gasteiger partial charge in [-0.1, -0.05) is 6.07 Å². The summed E-state index contributed by atoms with van der Waals surface area (Å²) in [5, 5.41) is 8.55. The molecule has 0 N–H and O–H groups in total. The van der Waals surface area contributed by atoms with Gasteiger partial charge in [-0.2, -0.15) is 5.26 Å². The lowest BCUT2D eigenvalue weighted by molar-refractivity contribution is -0.274. The second kappa shape index (κ2) is 3.80. The van der Waals surface area contributed by atoms with Gasteiger partial charge in [0.05, 0.1) is 0 Å². The van der Waals surface area contributed by atoms with Crippen molar-refractivity contribution < 1.29 is 17.9 Å². The third kappa shape index (κ3) is 2.57. The van der Waals surface area contributed by atoms with Crippen molar-refractivity contribution in [2.24, 2.45) is 0 Å². The van der Waals surface area contributed by atoms with Crippen molar-refractivity contribution in [2.45, 2.75) is 11.3 Å². The SMILES string of the molecule is N#Cc1c(S)cccc1OC(F)(F)F. The van der Waals surface area contributed by atoms with Gasteiger partial charge in [0.15, 0.2) is 0 Å². The van der Waals surface area contributed by atoms with Gasteiger partial charge in [-0.3, -0.25) is 0 Å². The van der Waals surface area contributed by atoms with Crippen LogP contribution in [0, 0.1) is 11.3 Å². The van der Waals surface area contributed by atoms with E-state index in [0.29, 0.717) is 0 Å². The Hall–Kier alpha value is -1.35. The van der Waals surface area contributed by atoms with Gasteiger partial charge in [-0.15, -0.1) is 25.8 Å². The lowest BCUT2D eigenvalue weighted by Gasteiger charge is -2.10. The van der Waals surface area contributed by atoms with Crippen molar-refractivity contribution in [3.63, 3.8) is 0 Å². The van der Waals surface area contributed by atoms with E-state index in [1.807, 2.05) is 0 Å². The molecule has 6 heteroatoms. The van der Waals surface area contributed by atoms with E-state index in [1.54, 1.807) is 6.07 Å². The molecular weight excluding hydrogens is 215 g/mol. The maximum atomic E-state index is 11.8. The smallest absolute Gasteiger partial charge is 0.404 e. The quantitative estimate of drug-likeness (QED) is 0.736. The van der Waals surface area contributed by atoms with Crippen LogP contribution in [-0.2, 0) is 0 Å². The lowest BCUT2D eigenvalue weighted by atomic mass is 10.2. The van der Waals surface area contributed by atoms with Gasteiger partial charge >= 0.3 is 6.36 Å². The van der Waals surface area contributed by atoms with Crippen molar-refractivity contribution >= 4 is 12.6 Å². The van der Waals surface area contributed by atoms with E-state index < -0.39 is 12.1 Å². The van der Waals surface area contributed by atoms with Gasteiger partial charge in [-0.05, 0) is 12.1 Å². The van der Waals surface area contributed by atoms with Gasteiger partial charge in [0, 0.05) is 4.90 Å². The fraction of sp³-hybridized carbons (Fsp3) is 0.125. The molecule has 0 aliphatic heterocycles. The molecule has 0 fully saturated rings. The summed E-state index contributed by atoms with van der Waals surface area (Å²) in [5.41, 5.74) is -0.229. The van der Waals surface area contributed by atoms with E-state index in [9.17, 15) is 13.2 Å². The molecule has 0 bridgehead atoms. The third-order valence-corrected chi connectivity index (χ3v) is 1.71. The predicted molar refractivity (Wildman–Crippen MR) is 45.1 cm³/mol. The van der Waals surface area contributed by atoms with Crippen molar-refractivity contribution in [3.05, 3.63) is 23.8 Å². The van der Waals surface area contributed by atoms with Crippen LogP contribution in [0.25, 0.3) is 0 Å². The summed E-state index contributed by atoms with van der Waals surface area (Å²) in [6.45, 7) is 0. The molecule has 2 nitrogen and oxygen atoms in total.